The molecule has 0 aromatic heterocycles. The minimum atomic E-state index is -1.01. The highest BCUT2D eigenvalue weighted by atomic mass is 16.5. The maximum absolute atomic E-state index is 12.5. The summed E-state index contributed by atoms with van der Waals surface area (Å²) in [6.07, 6.45) is 5.81. The topological polar surface area (TPSA) is 66.8 Å². The van der Waals surface area contributed by atoms with Gasteiger partial charge in [-0.2, -0.15) is 0 Å². The fraction of sp³-hybridized carbons (Fsp3) is 0.556. The first-order chi connectivity index (χ1) is 11.0. The van der Waals surface area contributed by atoms with E-state index < -0.39 is 5.97 Å². The number of nitrogens with zero attached hydrogens (tertiary/aromatic N) is 1. The fourth-order valence-electron chi connectivity index (χ4n) is 4.04. The van der Waals surface area contributed by atoms with Gasteiger partial charge >= 0.3 is 5.97 Å². The molecule has 2 bridgehead atoms. The number of hydrogen-bond donors (Lipinski definition) is 1. The van der Waals surface area contributed by atoms with Gasteiger partial charge in [0.05, 0.1) is 0 Å². The Kier molecular flexibility index (Phi) is 4.55. The number of fused-ring (bicyclic) bond motifs is 2. The molecule has 2 aliphatic rings. The molecule has 23 heavy (non-hydrogen) atoms. The Morgan fingerprint density at radius 1 is 1.22 bits per heavy atom. The van der Waals surface area contributed by atoms with Crippen LogP contribution in [0.1, 0.15) is 32.1 Å². The number of carbonyl (C=O) groups is 2. The predicted octanol–water partition coefficient (Wildman–Crippen LogP) is 2.94. The van der Waals surface area contributed by atoms with E-state index in [-0.39, 0.29) is 12.5 Å². The number of anilines is 1. The quantitative estimate of drug-likeness (QED) is 0.876. The lowest BCUT2D eigenvalue weighted by atomic mass is 9.86. The molecule has 0 saturated heterocycles. The molecule has 0 heterocycles. The monoisotopic (exact) mass is 317 g/mol. The van der Waals surface area contributed by atoms with Crippen LogP contribution >= 0.6 is 0 Å². The first kappa shape index (κ1) is 15.8. The van der Waals surface area contributed by atoms with E-state index in [1.165, 1.54) is 25.7 Å². The van der Waals surface area contributed by atoms with Gasteiger partial charge in [-0.25, -0.2) is 4.79 Å². The van der Waals surface area contributed by atoms with E-state index in [0.29, 0.717) is 18.1 Å². The van der Waals surface area contributed by atoms with Gasteiger partial charge in [-0.15, -0.1) is 0 Å². The third-order valence-electron chi connectivity index (χ3n) is 5.28. The number of carboxylic acids is 1. The van der Waals surface area contributed by atoms with Crippen LogP contribution in [0.5, 0.6) is 5.75 Å². The highest BCUT2D eigenvalue weighted by Gasteiger charge is 2.40. The van der Waals surface area contributed by atoms with Crippen LogP contribution in [0.15, 0.2) is 24.3 Å². The summed E-state index contributed by atoms with van der Waals surface area (Å²) in [5.41, 5.74) is 0.806. The summed E-state index contributed by atoms with van der Waals surface area (Å²) in [5, 5.41) is 8.59. The Balaban J connectivity index is 1.55. The van der Waals surface area contributed by atoms with E-state index in [1.807, 2.05) is 0 Å². The molecule has 1 aromatic rings. The van der Waals surface area contributed by atoms with Crippen molar-refractivity contribution in [2.75, 3.05) is 18.6 Å². The van der Waals surface area contributed by atoms with E-state index in [2.05, 4.69) is 0 Å². The van der Waals surface area contributed by atoms with Crippen LogP contribution in [0.3, 0.4) is 0 Å². The van der Waals surface area contributed by atoms with Crippen molar-refractivity contribution in [2.45, 2.75) is 32.1 Å². The number of carboxylic acid groups (broad SMARTS) is 1. The molecule has 5 heteroatoms. The number of rotatable bonds is 6. The van der Waals surface area contributed by atoms with Gasteiger partial charge in [-0.05, 0) is 61.3 Å². The van der Waals surface area contributed by atoms with E-state index in [1.54, 1.807) is 36.2 Å². The molecule has 1 aromatic carbocycles. The number of aliphatic carboxylic acids is 1. The van der Waals surface area contributed by atoms with Gasteiger partial charge in [0.25, 0.3) is 0 Å². The Morgan fingerprint density at radius 3 is 2.52 bits per heavy atom. The first-order valence-electron chi connectivity index (χ1n) is 8.24. The molecule has 3 atom stereocenters. The molecule has 0 aliphatic heterocycles. The Labute approximate surface area is 136 Å². The molecule has 1 N–H and O–H groups in total. The smallest absolute Gasteiger partial charge is 0.341 e. The molecule has 0 spiro atoms. The lowest BCUT2D eigenvalue weighted by molar-refractivity contribution is -0.139. The van der Waals surface area contributed by atoms with Crippen LogP contribution in [0.25, 0.3) is 0 Å². The van der Waals surface area contributed by atoms with E-state index in [4.69, 9.17) is 9.84 Å². The standard InChI is InChI=1S/C18H23NO4/c1-19(15-4-6-16(7-5-15)23-11-18(21)22)17(20)10-14-9-12-2-3-13(14)8-12/h4-7,12-14H,2-3,8-11H2,1H3,(H,21,22). The van der Waals surface area contributed by atoms with Gasteiger partial charge in [0.15, 0.2) is 6.61 Å². The third-order valence-corrected chi connectivity index (χ3v) is 5.28. The summed E-state index contributed by atoms with van der Waals surface area (Å²) in [4.78, 5) is 24.7. The molecule has 3 unspecified atom stereocenters. The number of amides is 1. The molecule has 1 amide bonds. The molecular formula is C18H23NO4. The zero-order valence-corrected chi connectivity index (χ0v) is 13.4. The van der Waals surface area contributed by atoms with Crippen LogP contribution in [-0.4, -0.2) is 30.6 Å². The maximum Gasteiger partial charge on any atom is 0.341 e. The second-order valence-electron chi connectivity index (χ2n) is 6.77. The number of ether oxygens (including phenoxy) is 1. The van der Waals surface area contributed by atoms with Crippen molar-refractivity contribution >= 4 is 17.6 Å². The third kappa shape index (κ3) is 3.66. The highest BCUT2D eigenvalue weighted by molar-refractivity contribution is 5.93. The average Bonchev–Trinajstić information content (AvgIpc) is 3.15. The molecule has 5 nitrogen and oxygen atoms in total. The second kappa shape index (κ2) is 6.60. The van der Waals surface area contributed by atoms with Crippen LogP contribution in [-0.2, 0) is 9.59 Å². The van der Waals surface area contributed by atoms with Crippen LogP contribution in [0.2, 0.25) is 0 Å². The van der Waals surface area contributed by atoms with Crippen molar-refractivity contribution in [2.24, 2.45) is 17.8 Å². The molecule has 0 radical (unpaired) electrons. The average molecular weight is 317 g/mol. The minimum Gasteiger partial charge on any atom is -0.482 e. The van der Waals surface area contributed by atoms with Gasteiger partial charge < -0.3 is 14.7 Å². The van der Waals surface area contributed by atoms with Crippen molar-refractivity contribution in [3.05, 3.63) is 24.3 Å². The Hall–Kier alpha value is -2.04. The second-order valence-corrected chi connectivity index (χ2v) is 6.77. The van der Waals surface area contributed by atoms with Crippen molar-refractivity contribution in [3.8, 4) is 5.75 Å². The summed E-state index contributed by atoms with van der Waals surface area (Å²) in [7, 11) is 1.79. The maximum atomic E-state index is 12.5. The van der Waals surface area contributed by atoms with Gasteiger partial charge in [0.1, 0.15) is 5.75 Å². The fourth-order valence-corrected chi connectivity index (χ4v) is 4.04. The van der Waals surface area contributed by atoms with Crippen molar-refractivity contribution in [1.82, 2.24) is 0 Å². The highest BCUT2D eigenvalue weighted by Crippen LogP contribution is 2.49. The summed E-state index contributed by atoms with van der Waals surface area (Å²) in [6, 6.07) is 6.96. The molecule has 3 rings (SSSR count). The number of carbonyl (C=O) groups excluding carboxylic acids is 1. The van der Waals surface area contributed by atoms with E-state index in [0.717, 1.165) is 17.5 Å². The van der Waals surface area contributed by atoms with E-state index >= 15 is 0 Å². The normalized spacial score (nSPS) is 25.3. The SMILES string of the molecule is CN(C(=O)CC1CC2CCC1C2)c1ccc(OCC(=O)O)cc1. The minimum absolute atomic E-state index is 0.154. The molecule has 2 fully saturated rings. The van der Waals surface area contributed by atoms with Crippen LogP contribution in [0, 0.1) is 17.8 Å². The van der Waals surface area contributed by atoms with Crippen LogP contribution in [0.4, 0.5) is 5.69 Å². The molecule has 124 valence electrons. The summed E-state index contributed by atoms with van der Waals surface area (Å²) in [6.45, 7) is -0.363. The first-order valence-corrected chi connectivity index (χ1v) is 8.24. The van der Waals surface area contributed by atoms with Gasteiger partial charge in [0, 0.05) is 19.2 Å². The predicted molar refractivity (Wildman–Crippen MR) is 86.5 cm³/mol. The summed E-state index contributed by atoms with van der Waals surface area (Å²) in [5.74, 6) is 1.80. The van der Waals surface area contributed by atoms with Crippen molar-refractivity contribution < 1.29 is 19.4 Å². The van der Waals surface area contributed by atoms with Crippen LogP contribution < -0.4 is 9.64 Å². The van der Waals surface area contributed by atoms with Gasteiger partial charge in [-0.3, -0.25) is 4.79 Å². The zero-order valence-electron chi connectivity index (χ0n) is 13.4. The van der Waals surface area contributed by atoms with Gasteiger partial charge in [-0.1, -0.05) is 6.42 Å². The lowest BCUT2D eigenvalue weighted by Gasteiger charge is -2.24. The number of benzene rings is 1. The summed E-state index contributed by atoms with van der Waals surface area (Å²) < 4.78 is 5.10. The molecular weight excluding hydrogens is 294 g/mol. The zero-order chi connectivity index (χ0) is 16.4. The molecule has 2 aliphatic carbocycles. The van der Waals surface area contributed by atoms with Crippen molar-refractivity contribution in [3.63, 3.8) is 0 Å². The molecule has 2 saturated carbocycles. The number of hydrogen-bond acceptors (Lipinski definition) is 3. The van der Waals surface area contributed by atoms with Crippen molar-refractivity contribution in [1.29, 1.82) is 0 Å². The summed E-state index contributed by atoms with van der Waals surface area (Å²) >= 11 is 0. The largest absolute Gasteiger partial charge is 0.482 e. The van der Waals surface area contributed by atoms with Gasteiger partial charge in [0.2, 0.25) is 5.91 Å². The lowest BCUT2D eigenvalue weighted by Crippen LogP contribution is -2.29. The van der Waals surface area contributed by atoms with E-state index in [9.17, 15) is 9.59 Å². The Bertz CT molecular complexity index is 583. The Morgan fingerprint density at radius 2 is 1.96 bits per heavy atom.